The van der Waals surface area contributed by atoms with Crippen molar-refractivity contribution in [1.82, 2.24) is 19.9 Å². The Balaban J connectivity index is 2.01. The van der Waals surface area contributed by atoms with Crippen molar-refractivity contribution in [2.24, 2.45) is 0 Å². The highest BCUT2D eigenvalue weighted by atomic mass is 15.1. The van der Waals surface area contributed by atoms with E-state index in [1.54, 1.807) is 24.8 Å². The third kappa shape index (κ3) is 3.53. The van der Waals surface area contributed by atoms with Gasteiger partial charge in [-0.1, -0.05) is 0 Å². The molecule has 0 bridgehead atoms. The van der Waals surface area contributed by atoms with Gasteiger partial charge in [-0.25, -0.2) is 9.97 Å². The zero-order chi connectivity index (χ0) is 16.4. The highest BCUT2D eigenvalue weighted by molar-refractivity contribution is 5.84. The van der Waals surface area contributed by atoms with E-state index >= 15 is 0 Å². The van der Waals surface area contributed by atoms with Crippen LogP contribution in [-0.4, -0.2) is 32.5 Å². The molecule has 0 aliphatic carbocycles. The summed E-state index contributed by atoms with van der Waals surface area (Å²) in [6, 6.07) is 4.02. The van der Waals surface area contributed by atoms with E-state index in [4.69, 9.17) is 0 Å². The summed E-state index contributed by atoms with van der Waals surface area (Å²) in [4.78, 5) is 17.6. The summed E-state index contributed by atoms with van der Waals surface area (Å²) < 4.78 is 0. The molecule has 6 nitrogen and oxygen atoms in total. The molecule has 0 saturated carbocycles. The van der Waals surface area contributed by atoms with Crippen molar-refractivity contribution in [2.75, 3.05) is 17.7 Å². The third-order valence-corrected chi connectivity index (χ3v) is 3.26. The zero-order valence-electron chi connectivity index (χ0n) is 13.8. The summed E-state index contributed by atoms with van der Waals surface area (Å²) in [7, 11) is 1.85. The molecule has 3 heterocycles. The predicted molar refractivity (Wildman–Crippen MR) is 93.5 cm³/mol. The van der Waals surface area contributed by atoms with Crippen LogP contribution < -0.4 is 10.6 Å². The lowest BCUT2D eigenvalue weighted by atomic mass is 10.1. The maximum Gasteiger partial charge on any atom is 0.145 e. The second-order valence-electron chi connectivity index (χ2n) is 6.40. The van der Waals surface area contributed by atoms with Gasteiger partial charge in [0.05, 0.1) is 29.8 Å². The molecule has 118 valence electrons. The first kappa shape index (κ1) is 15.1. The van der Waals surface area contributed by atoms with Crippen LogP contribution in [-0.2, 0) is 0 Å². The fraction of sp³-hybridized carbons (Fsp3) is 0.294. The van der Waals surface area contributed by atoms with Crippen molar-refractivity contribution >= 4 is 22.5 Å². The van der Waals surface area contributed by atoms with Gasteiger partial charge in [0.1, 0.15) is 11.6 Å². The molecule has 6 heteroatoms. The first-order valence-electron chi connectivity index (χ1n) is 7.49. The van der Waals surface area contributed by atoms with Crippen LogP contribution in [0.3, 0.4) is 0 Å². The minimum atomic E-state index is -0.0672. The Morgan fingerprint density at radius 3 is 2.48 bits per heavy atom. The number of nitrogens with one attached hydrogen (secondary N) is 2. The van der Waals surface area contributed by atoms with Crippen LogP contribution in [0.4, 0.5) is 11.6 Å². The average Bonchev–Trinajstić information content (AvgIpc) is 2.52. The molecule has 0 unspecified atom stereocenters. The molecule has 3 aromatic heterocycles. The highest BCUT2D eigenvalue weighted by Gasteiger charge is 2.11. The lowest BCUT2D eigenvalue weighted by Crippen LogP contribution is -2.26. The van der Waals surface area contributed by atoms with Gasteiger partial charge in [-0.2, -0.15) is 0 Å². The molecule has 3 aromatic rings. The topological polar surface area (TPSA) is 75.6 Å². The molecule has 0 aliphatic heterocycles. The number of rotatable bonds is 3. The van der Waals surface area contributed by atoms with Crippen LogP contribution in [0.1, 0.15) is 20.8 Å². The van der Waals surface area contributed by atoms with Crippen LogP contribution in [0.2, 0.25) is 0 Å². The number of anilines is 2. The van der Waals surface area contributed by atoms with Crippen LogP contribution in [0, 0.1) is 0 Å². The number of aromatic nitrogens is 4. The molecule has 0 saturated heterocycles. The summed E-state index contributed by atoms with van der Waals surface area (Å²) in [6.45, 7) is 6.27. The molecule has 0 aromatic carbocycles. The van der Waals surface area contributed by atoms with E-state index in [2.05, 4.69) is 57.4 Å². The number of hydrogen-bond acceptors (Lipinski definition) is 6. The van der Waals surface area contributed by atoms with E-state index < -0.39 is 0 Å². The second-order valence-corrected chi connectivity index (χ2v) is 6.40. The standard InChI is InChI=1S/C17H20N6/c1-17(2,3)23-16-10-19-8-14(22-16)12-5-11-6-15(18-4)21-9-13(11)20-7-12/h5-10H,1-4H3,(H,18,21)(H,22,23). The molecule has 0 fully saturated rings. The third-order valence-electron chi connectivity index (χ3n) is 3.26. The quantitative estimate of drug-likeness (QED) is 0.773. The maximum absolute atomic E-state index is 4.63. The van der Waals surface area contributed by atoms with Crippen molar-refractivity contribution in [3.63, 3.8) is 0 Å². The van der Waals surface area contributed by atoms with E-state index in [-0.39, 0.29) is 5.54 Å². The van der Waals surface area contributed by atoms with E-state index in [1.165, 1.54) is 0 Å². The fourth-order valence-corrected chi connectivity index (χ4v) is 2.26. The van der Waals surface area contributed by atoms with Gasteiger partial charge in [0.2, 0.25) is 0 Å². The molecule has 0 atom stereocenters. The smallest absolute Gasteiger partial charge is 0.145 e. The van der Waals surface area contributed by atoms with Crippen LogP contribution in [0.15, 0.2) is 36.9 Å². The molecule has 23 heavy (non-hydrogen) atoms. The van der Waals surface area contributed by atoms with Gasteiger partial charge in [-0.3, -0.25) is 9.97 Å². The monoisotopic (exact) mass is 308 g/mol. The van der Waals surface area contributed by atoms with Crippen molar-refractivity contribution in [3.8, 4) is 11.3 Å². The normalized spacial score (nSPS) is 11.5. The second kappa shape index (κ2) is 5.79. The van der Waals surface area contributed by atoms with Crippen LogP contribution in [0.5, 0.6) is 0 Å². The van der Waals surface area contributed by atoms with Gasteiger partial charge in [0.15, 0.2) is 0 Å². The number of nitrogens with zero attached hydrogens (tertiary/aromatic N) is 4. The average molecular weight is 308 g/mol. The summed E-state index contributed by atoms with van der Waals surface area (Å²) in [5.41, 5.74) is 2.50. The number of fused-ring (bicyclic) bond motifs is 1. The van der Waals surface area contributed by atoms with Gasteiger partial charge in [0, 0.05) is 29.7 Å². The van der Waals surface area contributed by atoms with Crippen molar-refractivity contribution in [2.45, 2.75) is 26.3 Å². The minimum Gasteiger partial charge on any atom is -0.373 e. The lowest BCUT2D eigenvalue weighted by Gasteiger charge is -2.21. The predicted octanol–water partition coefficient (Wildman–Crippen LogP) is 3.34. The zero-order valence-corrected chi connectivity index (χ0v) is 13.8. The lowest BCUT2D eigenvalue weighted by molar-refractivity contribution is 0.630. The Kier molecular flexibility index (Phi) is 3.82. The van der Waals surface area contributed by atoms with E-state index in [1.807, 2.05) is 13.1 Å². The highest BCUT2D eigenvalue weighted by Crippen LogP contribution is 2.23. The summed E-state index contributed by atoms with van der Waals surface area (Å²) in [5.74, 6) is 1.56. The van der Waals surface area contributed by atoms with Crippen LogP contribution in [0.25, 0.3) is 22.2 Å². The molecule has 0 spiro atoms. The summed E-state index contributed by atoms with van der Waals surface area (Å²) in [5, 5.41) is 7.38. The molecule has 0 amide bonds. The van der Waals surface area contributed by atoms with Gasteiger partial charge < -0.3 is 10.6 Å². The molecular weight excluding hydrogens is 288 g/mol. The first-order valence-corrected chi connectivity index (χ1v) is 7.49. The van der Waals surface area contributed by atoms with E-state index in [0.717, 1.165) is 33.8 Å². The Hall–Kier alpha value is -2.76. The Morgan fingerprint density at radius 2 is 1.74 bits per heavy atom. The largest absolute Gasteiger partial charge is 0.373 e. The van der Waals surface area contributed by atoms with Gasteiger partial charge in [0.25, 0.3) is 0 Å². The molecule has 0 aliphatic rings. The van der Waals surface area contributed by atoms with Crippen molar-refractivity contribution < 1.29 is 0 Å². The number of hydrogen-bond donors (Lipinski definition) is 2. The van der Waals surface area contributed by atoms with Crippen molar-refractivity contribution in [3.05, 3.63) is 36.9 Å². The Labute approximate surface area is 135 Å². The molecule has 0 radical (unpaired) electrons. The molecule has 3 rings (SSSR count). The summed E-state index contributed by atoms with van der Waals surface area (Å²) >= 11 is 0. The SMILES string of the molecule is CNc1cc2cc(-c3cncc(NC(C)(C)C)n3)cnc2cn1. The van der Waals surface area contributed by atoms with Crippen molar-refractivity contribution in [1.29, 1.82) is 0 Å². The van der Waals surface area contributed by atoms with Gasteiger partial charge in [-0.15, -0.1) is 0 Å². The molecular formula is C17H20N6. The molecule has 2 N–H and O–H groups in total. The summed E-state index contributed by atoms with van der Waals surface area (Å²) in [6.07, 6.45) is 7.03. The maximum atomic E-state index is 4.63. The van der Waals surface area contributed by atoms with Gasteiger partial charge in [-0.05, 0) is 32.9 Å². The fourth-order valence-electron chi connectivity index (χ4n) is 2.26. The van der Waals surface area contributed by atoms with E-state index in [9.17, 15) is 0 Å². The van der Waals surface area contributed by atoms with E-state index in [0.29, 0.717) is 0 Å². The van der Waals surface area contributed by atoms with Gasteiger partial charge >= 0.3 is 0 Å². The first-order chi connectivity index (χ1) is 10.9. The van der Waals surface area contributed by atoms with Crippen LogP contribution >= 0.6 is 0 Å². The Bertz CT molecular complexity index is 838. The number of pyridine rings is 2. The minimum absolute atomic E-state index is 0.0672. The Morgan fingerprint density at radius 1 is 0.913 bits per heavy atom.